The van der Waals surface area contributed by atoms with E-state index < -0.39 is 0 Å². The van der Waals surface area contributed by atoms with Crippen LogP contribution in [0.1, 0.15) is 40.0 Å². The first-order valence-corrected chi connectivity index (χ1v) is 6.65. The number of piperidine rings is 1. The molecule has 1 atom stereocenters. The average molecular weight is 242 g/mol. The Morgan fingerprint density at radius 1 is 1.35 bits per heavy atom. The molecule has 1 saturated heterocycles. The van der Waals surface area contributed by atoms with Gasteiger partial charge in [0.2, 0.25) is 5.91 Å². The third-order valence-corrected chi connectivity index (χ3v) is 3.48. The molecule has 0 aromatic rings. The maximum Gasteiger partial charge on any atom is 0.234 e. The summed E-state index contributed by atoms with van der Waals surface area (Å²) in [6, 6.07) is -0.147. The average Bonchev–Trinajstić information content (AvgIpc) is 2.28. The summed E-state index contributed by atoms with van der Waals surface area (Å²) in [6.07, 6.45) is 3.51. The Balaban J connectivity index is 2.19. The number of likely N-dealkylation sites (tertiary alicyclic amines) is 1. The van der Waals surface area contributed by atoms with Crippen LogP contribution in [-0.4, -0.2) is 42.6 Å². The number of hydrogen-bond acceptors (Lipinski definition) is 3. The Bertz CT molecular complexity index is 236. The van der Waals surface area contributed by atoms with Gasteiger partial charge in [-0.1, -0.05) is 13.8 Å². The van der Waals surface area contributed by atoms with Crippen molar-refractivity contribution >= 4 is 5.91 Å². The highest BCUT2D eigenvalue weighted by Gasteiger charge is 2.25. The fraction of sp³-hybridized carbons (Fsp3) is 0.923. The molecule has 1 aliphatic heterocycles. The number of primary amides is 1. The lowest BCUT2D eigenvalue weighted by atomic mass is 10.1. The normalized spacial score (nSPS) is 20.7. The summed E-state index contributed by atoms with van der Waals surface area (Å²) in [5, 5.41) is 0. The summed E-state index contributed by atoms with van der Waals surface area (Å²) in [5.41, 5.74) is 5.30. The van der Waals surface area contributed by atoms with Crippen molar-refractivity contribution in [3.8, 4) is 0 Å². The largest absolute Gasteiger partial charge is 0.378 e. The van der Waals surface area contributed by atoms with Crippen LogP contribution in [0.15, 0.2) is 0 Å². The Labute approximate surface area is 104 Å². The van der Waals surface area contributed by atoms with E-state index in [2.05, 4.69) is 18.7 Å². The topological polar surface area (TPSA) is 55.6 Å². The van der Waals surface area contributed by atoms with Crippen LogP contribution in [-0.2, 0) is 9.53 Å². The molecular weight excluding hydrogens is 216 g/mol. The van der Waals surface area contributed by atoms with Crippen molar-refractivity contribution in [2.45, 2.75) is 52.2 Å². The van der Waals surface area contributed by atoms with Crippen molar-refractivity contribution in [3.63, 3.8) is 0 Å². The Kier molecular flexibility index (Phi) is 5.92. The molecule has 2 N–H and O–H groups in total. The molecule has 0 aromatic carbocycles. The van der Waals surface area contributed by atoms with Crippen molar-refractivity contribution in [2.75, 3.05) is 19.7 Å². The van der Waals surface area contributed by atoms with E-state index >= 15 is 0 Å². The molecule has 4 nitrogen and oxygen atoms in total. The molecule has 0 unspecified atom stereocenters. The molecule has 4 heteroatoms. The summed E-state index contributed by atoms with van der Waals surface area (Å²) in [4.78, 5) is 13.2. The predicted octanol–water partition coefficient (Wildman–Crippen LogP) is 1.39. The number of hydrogen-bond donors (Lipinski definition) is 1. The van der Waals surface area contributed by atoms with Crippen molar-refractivity contribution in [2.24, 2.45) is 11.7 Å². The lowest BCUT2D eigenvalue weighted by Gasteiger charge is -2.34. The van der Waals surface area contributed by atoms with Gasteiger partial charge < -0.3 is 10.5 Å². The summed E-state index contributed by atoms with van der Waals surface area (Å²) in [7, 11) is 0. The molecule has 1 amide bonds. The standard InChI is InChI=1S/C13H26N2O2/c1-10(2)6-9-17-12-4-7-15(8-5-12)11(3)13(14)16/h10-12H,4-9H2,1-3H3,(H2,14,16)/t11-/m0/s1. The molecule has 0 spiro atoms. The van der Waals surface area contributed by atoms with E-state index in [9.17, 15) is 4.79 Å². The number of nitrogens with zero attached hydrogens (tertiary/aromatic N) is 1. The van der Waals surface area contributed by atoms with Crippen LogP contribution >= 0.6 is 0 Å². The second-order valence-corrected chi connectivity index (χ2v) is 5.37. The van der Waals surface area contributed by atoms with Crippen LogP contribution in [0.5, 0.6) is 0 Å². The Morgan fingerprint density at radius 2 is 1.94 bits per heavy atom. The second kappa shape index (κ2) is 6.97. The van der Waals surface area contributed by atoms with Gasteiger partial charge in [-0.3, -0.25) is 9.69 Å². The molecule has 0 bridgehead atoms. The number of ether oxygens (including phenoxy) is 1. The van der Waals surface area contributed by atoms with E-state index in [1.807, 2.05) is 6.92 Å². The summed E-state index contributed by atoms with van der Waals surface area (Å²) in [5.74, 6) is 0.467. The Morgan fingerprint density at radius 3 is 2.41 bits per heavy atom. The van der Waals surface area contributed by atoms with Crippen LogP contribution < -0.4 is 5.73 Å². The van der Waals surface area contributed by atoms with Gasteiger partial charge in [0, 0.05) is 19.7 Å². The molecule has 0 aliphatic carbocycles. The fourth-order valence-electron chi connectivity index (χ4n) is 2.08. The number of nitrogens with two attached hydrogens (primary N) is 1. The molecule has 1 fully saturated rings. The molecule has 1 aliphatic rings. The smallest absolute Gasteiger partial charge is 0.234 e. The molecular formula is C13H26N2O2. The van der Waals surface area contributed by atoms with E-state index in [4.69, 9.17) is 10.5 Å². The number of amides is 1. The SMILES string of the molecule is CC(C)CCOC1CCN([C@@H](C)C(N)=O)CC1. The monoisotopic (exact) mass is 242 g/mol. The molecule has 1 heterocycles. The Hall–Kier alpha value is -0.610. The van der Waals surface area contributed by atoms with Gasteiger partial charge in [-0.25, -0.2) is 0 Å². The maximum absolute atomic E-state index is 11.1. The summed E-state index contributed by atoms with van der Waals surface area (Å²) >= 11 is 0. The second-order valence-electron chi connectivity index (χ2n) is 5.37. The van der Waals surface area contributed by atoms with Crippen molar-refractivity contribution in [1.82, 2.24) is 4.90 Å². The number of rotatable bonds is 6. The molecule has 0 saturated carbocycles. The maximum atomic E-state index is 11.1. The summed E-state index contributed by atoms with van der Waals surface area (Å²) < 4.78 is 5.84. The van der Waals surface area contributed by atoms with Gasteiger partial charge in [-0.05, 0) is 32.1 Å². The van der Waals surface area contributed by atoms with Gasteiger partial charge in [0.25, 0.3) is 0 Å². The molecule has 100 valence electrons. The lowest BCUT2D eigenvalue weighted by Crippen LogP contribution is -2.47. The molecule has 0 radical (unpaired) electrons. The molecule has 0 aromatic heterocycles. The van der Waals surface area contributed by atoms with Crippen molar-refractivity contribution < 1.29 is 9.53 Å². The zero-order valence-electron chi connectivity index (χ0n) is 11.3. The first-order chi connectivity index (χ1) is 8.00. The fourth-order valence-corrected chi connectivity index (χ4v) is 2.08. The van der Waals surface area contributed by atoms with Crippen LogP contribution in [0.25, 0.3) is 0 Å². The van der Waals surface area contributed by atoms with Crippen LogP contribution in [0.3, 0.4) is 0 Å². The van der Waals surface area contributed by atoms with E-state index in [0.29, 0.717) is 12.0 Å². The first-order valence-electron chi connectivity index (χ1n) is 6.65. The van der Waals surface area contributed by atoms with Gasteiger partial charge in [-0.2, -0.15) is 0 Å². The van der Waals surface area contributed by atoms with Crippen LogP contribution in [0.2, 0.25) is 0 Å². The third-order valence-electron chi connectivity index (χ3n) is 3.48. The molecule has 1 rings (SSSR count). The zero-order chi connectivity index (χ0) is 12.8. The number of carbonyl (C=O) groups excluding carboxylic acids is 1. The third kappa shape index (κ3) is 5.04. The minimum Gasteiger partial charge on any atom is -0.378 e. The lowest BCUT2D eigenvalue weighted by molar-refractivity contribution is -0.123. The van der Waals surface area contributed by atoms with Gasteiger partial charge in [0.05, 0.1) is 12.1 Å². The van der Waals surface area contributed by atoms with Crippen LogP contribution in [0.4, 0.5) is 0 Å². The van der Waals surface area contributed by atoms with Gasteiger partial charge >= 0.3 is 0 Å². The van der Waals surface area contributed by atoms with Crippen molar-refractivity contribution in [3.05, 3.63) is 0 Å². The zero-order valence-corrected chi connectivity index (χ0v) is 11.3. The van der Waals surface area contributed by atoms with Gasteiger partial charge in [0.15, 0.2) is 0 Å². The van der Waals surface area contributed by atoms with Crippen LogP contribution in [0, 0.1) is 5.92 Å². The van der Waals surface area contributed by atoms with Crippen molar-refractivity contribution in [1.29, 1.82) is 0 Å². The quantitative estimate of drug-likeness (QED) is 0.765. The minimum atomic E-state index is -0.232. The predicted molar refractivity (Wildman–Crippen MR) is 68.7 cm³/mol. The van der Waals surface area contributed by atoms with E-state index in [-0.39, 0.29) is 11.9 Å². The number of carbonyl (C=O) groups is 1. The minimum absolute atomic E-state index is 0.147. The summed E-state index contributed by atoms with van der Waals surface area (Å²) in [6.45, 7) is 8.98. The first kappa shape index (κ1) is 14.5. The highest BCUT2D eigenvalue weighted by atomic mass is 16.5. The molecule has 17 heavy (non-hydrogen) atoms. The highest BCUT2D eigenvalue weighted by Crippen LogP contribution is 2.16. The van der Waals surface area contributed by atoms with Gasteiger partial charge in [-0.15, -0.1) is 0 Å². The van der Waals surface area contributed by atoms with E-state index in [0.717, 1.165) is 39.0 Å². The van der Waals surface area contributed by atoms with Gasteiger partial charge in [0.1, 0.15) is 0 Å². The highest BCUT2D eigenvalue weighted by molar-refractivity contribution is 5.79. The van der Waals surface area contributed by atoms with E-state index in [1.165, 1.54) is 0 Å². The van der Waals surface area contributed by atoms with E-state index in [1.54, 1.807) is 0 Å².